The fraction of sp³-hybridized carbons (Fsp3) is 0.391. The molecule has 0 spiro atoms. The van der Waals surface area contributed by atoms with Gasteiger partial charge in [-0.3, -0.25) is 19.7 Å². The van der Waals surface area contributed by atoms with Crippen LogP contribution in [0.25, 0.3) is 0 Å². The number of likely N-dealkylation sites (tertiary alicyclic amines) is 1. The summed E-state index contributed by atoms with van der Waals surface area (Å²) in [6, 6.07) is 10.8. The summed E-state index contributed by atoms with van der Waals surface area (Å²) >= 11 is 0. The number of hydrogen-bond acceptors (Lipinski definition) is 5. The Morgan fingerprint density at radius 3 is 2.39 bits per heavy atom. The standard InChI is InChI=1S/C23H27N3O5/c1-15-10-16(2)13-25(12-15)23(28)18-5-4-17(3)21(11-18)24-22(27)14-31-20-8-6-19(7-9-20)26(29)30/h4-9,11,15-16H,10,12-14H2,1-3H3,(H,24,27). The molecular weight excluding hydrogens is 398 g/mol. The zero-order valence-corrected chi connectivity index (χ0v) is 18.0. The smallest absolute Gasteiger partial charge is 0.269 e. The van der Waals surface area contributed by atoms with E-state index in [9.17, 15) is 19.7 Å². The second kappa shape index (κ2) is 9.59. The molecule has 2 amide bonds. The van der Waals surface area contributed by atoms with Crippen LogP contribution >= 0.6 is 0 Å². The predicted molar refractivity (Wildman–Crippen MR) is 117 cm³/mol. The summed E-state index contributed by atoms with van der Waals surface area (Å²) in [6.45, 7) is 7.38. The number of nitro benzene ring substituents is 1. The number of nitrogens with one attached hydrogen (secondary N) is 1. The monoisotopic (exact) mass is 425 g/mol. The molecule has 1 heterocycles. The van der Waals surface area contributed by atoms with Gasteiger partial charge < -0.3 is 15.0 Å². The van der Waals surface area contributed by atoms with E-state index in [1.165, 1.54) is 24.3 Å². The first kappa shape index (κ1) is 22.3. The van der Waals surface area contributed by atoms with E-state index in [0.29, 0.717) is 28.8 Å². The molecule has 164 valence electrons. The van der Waals surface area contributed by atoms with Gasteiger partial charge in [-0.2, -0.15) is 0 Å². The lowest BCUT2D eigenvalue weighted by Crippen LogP contribution is -2.42. The molecule has 3 rings (SSSR count). The van der Waals surface area contributed by atoms with E-state index in [1.54, 1.807) is 12.1 Å². The van der Waals surface area contributed by atoms with E-state index in [4.69, 9.17) is 4.74 Å². The highest BCUT2D eigenvalue weighted by Crippen LogP contribution is 2.24. The molecule has 1 aliphatic heterocycles. The summed E-state index contributed by atoms with van der Waals surface area (Å²) < 4.78 is 5.40. The van der Waals surface area contributed by atoms with Crippen molar-refractivity contribution >= 4 is 23.2 Å². The van der Waals surface area contributed by atoms with Crippen LogP contribution in [0.1, 0.15) is 36.2 Å². The van der Waals surface area contributed by atoms with Crippen LogP contribution in [0.2, 0.25) is 0 Å². The first-order chi connectivity index (χ1) is 14.7. The van der Waals surface area contributed by atoms with Crippen LogP contribution in [-0.4, -0.2) is 41.3 Å². The summed E-state index contributed by atoms with van der Waals surface area (Å²) in [4.78, 5) is 37.4. The molecule has 0 aliphatic carbocycles. The maximum Gasteiger partial charge on any atom is 0.269 e. The van der Waals surface area contributed by atoms with Gasteiger partial charge in [0.25, 0.3) is 17.5 Å². The number of non-ortho nitro benzene ring substituents is 1. The van der Waals surface area contributed by atoms with Crippen molar-refractivity contribution in [3.63, 3.8) is 0 Å². The van der Waals surface area contributed by atoms with Crippen LogP contribution in [-0.2, 0) is 4.79 Å². The van der Waals surface area contributed by atoms with Crippen LogP contribution in [0.15, 0.2) is 42.5 Å². The molecule has 0 bridgehead atoms. The lowest BCUT2D eigenvalue weighted by molar-refractivity contribution is -0.384. The number of amides is 2. The summed E-state index contributed by atoms with van der Waals surface area (Å²) in [5.74, 6) is 0.875. The lowest BCUT2D eigenvalue weighted by atomic mass is 9.91. The van der Waals surface area contributed by atoms with E-state index in [-0.39, 0.29) is 24.1 Å². The number of ether oxygens (including phenoxy) is 1. The highest BCUT2D eigenvalue weighted by atomic mass is 16.6. The Balaban J connectivity index is 1.62. The normalized spacial score (nSPS) is 18.4. The maximum absolute atomic E-state index is 13.0. The Morgan fingerprint density at radius 2 is 1.77 bits per heavy atom. The molecular formula is C23H27N3O5. The highest BCUT2D eigenvalue weighted by Gasteiger charge is 2.26. The number of nitrogens with zero attached hydrogens (tertiary/aromatic N) is 2. The summed E-state index contributed by atoms with van der Waals surface area (Å²) in [7, 11) is 0. The van der Waals surface area contributed by atoms with E-state index in [0.717, 1.165) is 25.1 Å². The van der Waals surface area contributed by atoms with Crippen LogP contribution in [0.5, 0.6) is 5.75 Å². The number of carbonyl (C=O) groups excluding carboxylic acids is 2. The van der Waals surface area contributed by atoms with Gasteiger partial charge in [0, 0.05) is 36.5 Å². The van der Waals surface area contributed by atoms with Gasteiger partial charge in [-0.1, -0.05) is 19.9 Å². The van der Waals surface area contributed by atoms with Crippen LogP contribution < -0.4 is 10.1 Å². The number of nitro groups is 1. The molecule has 8 nitrogen and oxygen atoms in total. The first-order valence-electron chi connectivity index (χ1n) is 10.3. The van der Waals surface area contributed by atoms with Gasteiger partial charge in [0.15, 0.2) is 6.61 Å². The van der Waals surface area contributed by atoms with E-state index < -0.39 is 4.92 Å². The minimum Gasteiger partial charge on any atom is -0.484 e. The van der Waals surface area contributed by atoms with Crippen molar-refractivity contribution in [3.8, 4) is 5.75 Å². The molecule has 0 aromatic heterocycles. The average Bonchev–Trinajstić information content (AvgIpc) is 2.73. The molecule has 2 atom stereocenters. The van der Waals surface area contributed by atoms with Crippen LogP contribution in [0, 0.1) is 28.9 Å². The molecule has 31 heavy (non-hydrogen) atoms. The molecule has 1 N–H and O–H groups in total. The Hall–Kier alpha value is -3.42. The minimum atomic E-state index is -0.501. The van der Waals surface area contributed by atoms with E-state index in [2.05, 4.69) is 19.2 Å². The molecule has 0 radical (unpaired) electrons. The third-order valence-electron chi connectivity index (χ3n) is 5.33. The topological polar surface area (TPSA) is 102 Å². The quantitative estimate of drug-likeness (QED) is 0.556. The van der Waals surface area contributed by atoms with Crippen molar-refractivity contribution in [2.75, 3.05) is 25.0 Å². The first-order valence-corrected chi connectivity index (χ1v) is 10.3. The molecule has 0 saturated carbocycles. The number of anilines is 1. The summed E-state index contributed by atoms with van der Waals surface area (Å²) in [5.41, 5.74) is 1.88. The predicted octanol–water partition coefficient (Wildman–Crippen LogP) is 4.04. The second-order valence-electron chi connectivity index (χ2n) is 8.27. The van der Waals surface area contributed by atoms with Gasteiger partial charge in [0.2, 0.25) is 0 Å². The summed E-state index contributed by atoms with van der Waals surface area (Å²) in [5, 5.41) is 13.5. The van der Waals surface area contributed by atoms with Gasteiger partial charge in [0.05, 0.1) is 4.92 Å². The molecule has 1 aliphatic rings. The molecule has 1 saturated heterocycles. The SMILES string of the molecule is Cc1ccc(C(=O)N2CC(C)CC(C)C2)cc1NC(=O)COc1ccc([N+](=O)[O-])cc1. The van der Waals surface area contributed by atoms with E-state index in [1.807, 2.05) is 17.9 Å². The Morgan fingerprint density at radius 1 is 1.13 bits per heavy atom. The number of benzene rings is 2. The van der Waals surface area contributed by atoms with Gasteiger partial charge in [-0.15, -0.1) is 0 Å². The lowest BCUT2D eigenvalue weighted by Gasteiger charge is -2.35. The largest absolute Gasteiger partial charge is 0.484 e. The molecule has 2 aromatic rings. The Labute approximate surface area is 181 Å². The van der Waals surface area contributed by atoms with Crippen molar-refractivity contribution in [2.24, 2.45) is 11.8 Å². The van der Waals surface area contributed by atoms with Crippen molar-refractivity contribution in [3.05, 3.63) is 63.7 Å². The van der Waals surface area contributed by atoms with Gasteiger partial charge in [0.1, 0.15) is 5.75 Å². The third kappa shape index (κ3) is 5.81. The fourth-order valence-corrected chi connectivity index (χ4v) is 3.90. The fourth-order valence-electron chi connectivity index (χ4n) is 3.90. The zero-order valence-electron chi connectivity index (χ0n) is 18.0. The number of rotatable bonds is 6. The van der Waals surface area contributed by atoms with Crippen molar-refractivity contribution in [2.45, 2.75) is 27.2 Å². The Bertz CT molecular complexity index is 964. The second-order valence-corrected chi connectivity index (χ2v) is 8.27. The van der Waals surface area contributed by atoms with Gasteiger partial charge >= 0.3 is 0 Å². The Kier molecular flexibility index (Phi) is 6.89. The zero-order chi connectivity index (χ0) is 22.5. The van der Waals surface area contributed by atoms with Gasteiger partial charge in [-0.05, 0) is 55.0 Å². The van der Waals surface area contributed by atoms with Crippen molar-refractivity contribution in [1.29, 1.82) is 0 Å². The molecule has 2 unspecified atom stereocenters. The minimum absolute atomic E-state index is 0.0315. The summed E-state index contributed by atoms with van der Waals surface area (Å²) in [6.07, 6.45) is 1.12. The maximum atomic E-state index is 13.0. The van der Waals surface area contributed by atoms with E-state index >= 15 is 0 Å². The number of hydrogen-bond donors (Lipinski definition) is 1. The van der Waals surface area contributed by atoms with Crippen molar-refractivity contribution < 1.29 is 19.2 Å². The van der Waals surface area contributed by atoms with Crippen LogP contribution in [0.3, 0.4) is 0 Å². The molecule has 1 fully saturated rings. The highest BCUT2D eigenvalue weighted by molar-refractivity contribution is 5.98. The molecule has 8 heteroatoms. The number of piperidine rings is 1. The number of carbonyl (C=O) groups is 2. The number of aryl methyl sites for hydroxylation is 1. The van der Waals surface area contributed by atoms with Crippen LogP contribution in [0.4, 0.5) is 11.4 Å². The molecule has 2 aromatic carbocycles. The van der Waals surface area contributed by atoms with Gasteiger partial charge in [-0.25, -0.2) is 0 Å². The van der Waals surface area contributed by atoms with Crippen molar-refractivity contribution in [1.82, 2.24) is 4.90 Å². The average molecular weight is 425 g/mol. The third-order valence-corrected chi connectivity index (χ3v) is 5.33.